The van der Waals surface area contributed by atoms with Crippen molar-refractivity contribution in [3.8, 4) is 0 Å². The fourth-order valence-electron chi connectivity index (χ4n) is 1.50. The van der Waals surface area contributed by atoms with Crippen molar-refractivity contribution in [3.63, 3.8) is 0 Å². The Morgan fingerprint density at radius 3 is 2.80 bits per heavy atom. The summed E-state index contributed by atoms with van der Waals surface area (Å²) < 4.78 is 0. The number of rotatable bonds is 6. The number of benzene rings is 1. The molecule has 1 amide bonds. The van der Waals surface area contributed by atoms with Crippen molar-refractivity contribution in [2.45, 2.75) is 18.6 Å². The molecule has 8 heteroatoms. The van der Waals surface area contributed by atoms with Crippen molar-refractivity contribution in [3.05, 3.63) is 32.8 Å². The Labute approximate surface area is 126 Å². The van der Waals surface area contributed by atoms with Gasteiger partial charge < -0.3 is 11.1 Å². The van der Waals surface area contributed by atoms with Crippen LogP contribution in [-0.4, -0.2) is 28.9 Å². The number of non-ortho nitro benzene ring substituents is 1. The molecule has 1 rings (SSSR count). The molecule has 0 saturated carbocycles. The molecule has 20 heavy (non-hydrogen) atoms. The number of nitrogens with zero attached hydrogens (tertiary/aromatic N) is 1. The summed E-state index contributed by atoms with van der Waals surface area (Å²) in [6.45, 7) is 2.52. The Balaban J connectivity index is 2.84. The highest BCUT2D eigenvalue weighted by Gasteiger charge is 2.18. The molecule has 3 N–H and O–H groups in total. The van der Waals surface area contributed by atoms with Gasteiger partial charge in [-0.15, -0.1) is 0 Å². The third kappa shape index (κ3) is 4.28. The summed E-state index contributed by atoms with van der Waals surface area (Å²) in [7, 11) is 0. The highest BCUT2D eigenvalue weighted by Crippen LogP contribution is 2.28. The molecular weight excluding hydrogens is 302 g/mol. The van der Waals surface area contributed by atoms with Crippen LogP contribution in [0.4, 0.5) is 11.4 Å². The summed E-state index contributed by atoms with van der Waals surface area (Å²) in [5, 5.41) is 13.9. The average molecular weight is 318 g/mol. The molecule has 0 spiro atoms. The van der Waals surface area contributed by atoms with Gasteiger partial charge in [0, 0.05) is 23.9 Å². The molecule has 0 fully saturated rings. The van der Waals surface area contributed by atoms with Gasteiger partial charge in [0.2, 0.25) is 0 Å². The molecule has 0 saturated heterocycles. The van der Waals surface area contributed by atoms with Crippen LogP contribution in [0.15, 0.2) is 12.1 Å². The van der Waals surface area contributed by atoms with E-state index in [0.29, 0.717) is 11.8 Å². The second kappa shape index (κ2) is 7.35. The number of hydrogen-bond acceptors (Lipinski definition) is 5. The summed E-state index contributed by atoms with van der Waals surface area (Å²) in [6.07, 6.45) is 2.79. The van der Waals surface area contributed by atoms with Gasteiger partial charge in [-0.05, 0) is 12.7 Å². The zero-order chi connectivity index (χ0) is 15.3. The summed E-state index contributed by atoms with van der Waals surface area (Å²) in [6, 6.07) is 2.26. The first-order valence-electron chi connectivity index (χ1n) is 5.91. The maximum atomic E-state index is 12.0. The Kier molecular flexibility index (Phi) is 6.09. The minimum Gasteiger partial charge on any atom is -0.397 e. The molecule has 6 nitrogen and oxygen atoms in total. The number of nitrogens with two attached hydrogens (primary N) is 1. The lowest BCUT2D eigenvalue weighted by Crippen LogP contribution is -2.27. The van der Waals surface area contributed by atoms with Gasteiger partial charge in [0.05, 0.1) is 21.2 Å². The molecule has 0 aromatic heterocycles. The van der Waals surface area contributed by atoms with Gasteiger partial charge in [-0.2, -0.15) is 11.8 Å². The maximum Gasteiger partial charge on any atom is 0.271 e. The average Bonchev–Trinajstić information content (AvgIpc) is 2.40. The lowest BCUT2D eigenvalue weighted by atomic mass is 10.1. The quantitative estimate of drug-likeness (QED) is 0.477. The van der Waals surface area contributed by atoms with Crippen LogP contribution in [0.25, 0.3) is 0 Å². The topological polar surface area (TPSA) is 98.3 Å². The van der Waals surface area contributed by atoms with E-state index in [0.717, 1.165) is 18.6 Å². The van der Waals surface area contributed by atoms with E-state index < -0.39 is 10.8 Å². The van der Waals surface area contributed by atoms with E-state index in [-0.39, 0.29) is 22.0 Å². The van der Waals surface area contributed by atoms with E-state index in [1.54, 1.807) is 11.8 Å². The largest absolute Gasteiger partial charge is 0.397 e. The van der Waals surface area contributed by atoms with Gasteiger partial charge in [-0.25, -0.2) is 0 Å². The number of amides is 1. The van der Waals surface area contributed by atoms with Gasteiger partial charge in [0.25, 0.3) is 11.6 Å². The zero-order valence-electron chi connectivity index (χ0n) is 11.2. The predicted octanol–water partition coefficient (Wildman–Crippen LogP) is 2.70. The highest BCUT2D eigenvalue weighted by molar-refractivity contribution is 7.99. The summed E-state index contributed by atoms with van der Waals surface area (Å²) in [5.74, 6) is -0.457. The van der Waals surface area contributed by atoms with Gasteiger partial charge in [0.15, 0.2) is 0 Å². The summed E-state index contributed by atoms with van der Waals surface area (Å²) >= 11 is 7.50. The van der Waals surface area contributed by atoms with Crippen LogP contribution < -0.4 is 11.1 Å². The molecule has 0 radical (unpaired) electrons. The lowest BCUT2D eigenvalue weighted by molar-refractivity contribution is -0.384. The molecular formula is C12H16ClN3O3S. The number of nitro benzene ring substituents is 1. The van der Waals surface area contributed by atoms with Crippen LogP contribution in [0.2, 0.25) is 5.02 Å². The number of carbonyl (C=O) groups is 1. The molecule has 0 bridgehead atoms. The number of nitrogen functional groups attached to an aromatic ring is 1. The van der Waals surface area contributed by atoms with Crippen LogP contribution in [-0.2, 0) is 0 Å². The second-order valence-corrected chi connectivity index (χ2v) is 5.92. The first-order chi connectivity index (χ1) is 9.36. The van der Waals surface area contributed by atoms with Crippen LogP contribution in [0.5, 0.6) is 0 Å². The van der Waals surface area contributed by atoms with E-state index in [4.69, 9.17) is 17.3 Å². The molecule has 0 aliphatic carbocycles. The smallest absolute Gasteiger partial charge is 0.271 e. The van der Waals surface area contributed by atoms with Crippen LogP contribution in [0, 0.1) is 10.1 Å². The lowest BCUT2D eigenvalue weighted by Gasteiger charge is -2.11. The molecule has 0 aliphatic rings. The number of anilines is 1. The number of carbonyl (C=O) groups excluding carboxylic acids is 1. The summed E-state index contributed by atoms with van der Waals surface area (Å²) in [5.41, 5.74) is 5.51. The molecule has 1 aromatic rings. The second-order valence-electron chi connectivity index (χ2n) is 4.24. The van der Waals surface area contributed by atoms with Gasteiger partial charge in [-0.3, -0.25) is 14.9 Å². The van der Waals surface area contributed by atoms with E-state index >= 15 is 0 Å². The maximum absolute atomic E-state index is 12.0. The molecule has 0 heterocycles. The normalized spacial score (nSPS) is 11.9. The first-order valence-corrected chi connectivity index (χ1v) is 7.57. The fourth-order valence-corrected chi connectivity index (χ4v) is 2.07. The Hall–Kier alpha value is -1.47. The van der Waals surface area contributed by atoms with Gasteiger partial charge in [-0.1, -0.05) is 18.5 Å². The highest BCUT2D eigenvalue weighted by atomic mass is 35.5. The number of thioether (sulfide) groups is 1. The predicted molar refractivity (Wildman–Crippen MR) is 82.4 cm³/mol. The van der Waals surface area contributed by atoms with E-state index in [2.05, 4.69) is 12.2 Å². The fraction of sp³-hybridized carbons (Fsp3) is 0.417. The number of halogens is 1. The number of hydrogen-bond donors (Lipinski definition) is 2. The SMILES string of the molecule is CSC(C)CCNC(=O)c1cc([N+](=O)[O-])cc(Cl)c1N. The van der Waals surface area contributed by atoms with Gasteiger partial charge in [0.1, 0.15) is 0 Å². The molecule has 1 unspecified atom stereocenters. The molecule has 1 atom stereocenters. The summed E-state index contributed by atoms with van der Waals surface area (Å²) in [4.78, 5) is 22.1. The minimum atomic E-state index is -0.613. The third-order valence-electron chi connectivity index (χ3n) is 2.81. The molecule has 1 aromatic carbocycles. The Bertz CT molecular complexity index is 525. The molecule has 0 aliphatic heterocycles. The van der Waals surface area contributed by atoms with Crippen LogP contribution in [0.1, 0.15) is 23.7 Å². The van der Waals surface area contributed by atoms with Crippen molar-refractivity contribution in [2.24, 2.45) is 0 Å². The Morgan fingerprint density at radius 2 is 2.25 bits per heavy atom. The monoisotopic (exact) mass is 317 g/mol. The number of nitrogens with one attached hydrogen (secondary N) is 1. The van der Waals surface area contributed by atoms with E-state index in [1.807, 2.05) is 6.26 Å². The third-order valence-corrected chi connectivity index (χ3v) is 4.16. The van der Waals surface area contributed by atoms with Crippen molar-refractivity contribution in [2.75, 3.05) is 18.5 Å². The van der Waals surface area contributed by atoms with E-state index in [9.17, 15) is 14.9 Å². The van der Waals surface area contributed by atoms with E-state index in [1.165, 1.54) is 0 Å². The zero-order valence-corrected chi connectivity index (χ0v) is 12.8. The van der Waals surface area contributed by atoms with Crippen molar-refractivity contribution in [1.29, 1.82) is 0 Å². The van der Waals surface area contributed by atoms with Gasteiger partial charge >= 0.3 is 0 Å². The van der Waals surface area contributed by atoms with Crippen molar-refractivity contribution >= 4 is 40.6 Å². The minimum absolute atomic E-state index is 0.00170. The number of nitro groups is 1. The van der Waals surface area contributed by atoms with Crippen LogP contribution >= 0.6 is 23.4 Å². The first kappa shape index (κ1) is 16.6. The standard InChI is InChI=1S/C12H16ClN3O3S/c1-7(20-2)3-4-15-12(17)9-5-8(16(18)19)6-10(13)11(9)14/h5-7H,3-4,14H2,1-2H3,(H,15,17). The van der Waals surface area contributed by atoms with Crippen molar-refractivity contribution in [1.82, 2.24) is 5.32 Å². The van der Waals surface area contributed by atoms with Crippen LogP contribution in [0.3, 0.4) is 0 Å². The molecule has 110 valence electrons. The van der Waals surface area contributed by atoms with Crippen molar-refractivity contribution < 1.29 is 9.72 Å². The Morgan fingerprint density at radius 1 is 1.60 bits per heavy atom.